The molecule has 1 aliphatic carbocycles. The number of likely N-dealkylation sites (tertiary alicyclic amines) is 1. The molecular formula is C16H31N3O. The van der Waals surface area contributed by atoms with Crippen molar-refractivity contribution in [3.05, 3.63) is 0 Å². The molecule has 116 valence electrons. The van der Waals surface area contributed by atoms with Crippen molar-refractivity contribution in [1.82, 2.24) is 15.5 Å². The van der Waals surface area contributed by atoms with E-state index in [9.17, 15) is 4.79 Å². The first kappa shape index (κ1) is 15.6. The molecule has 2 rings (SSSR count). The fraction of sp³-hybridized carbons (Fsp3) is 0.938. The molecule has 0 aromatic carbocycles. The molecule has 2 N–H and O–H groups in total. The highest BCUT2D eigenvalue weighted by Gasteiger charge is 2.16. The van der Waals surface area contributed by atoms with Gasteiger partial charge in [0.15, 0.2) is 0 Å². The van der Waals surface area contributed by atoms with E-state index in [4.69, 9.17) is 0 Å². The zero-order valence-corrected chi connectivity index (χ0v) is 13.0. The van der Waals surface area contributed by atoms with Crippen molar-refractivity contribution < 1.29 is 4.79 Å². The van der Waals surface area contributed by atoms with Crippen molar-refractivity contribution in [2.75, 3.05) is 26.2 Å². The predicted molar refractivity (Wildman–Crippen MR) is 82.9 cm³/mol. The molecule has 0 aromatic heterocycles. The Hall–Kier alpha value is -0.770. The monoisotopic (exact) mass is 281 g/mol. The third kappa shape index (κ3) is 5.70. The van der Waals surface area contributed by atoms with Crippen LogP contribution in [0.5, 0.6) is 0 Å². The van der Waals surface area contributed by atoms with Crippen molar-refractivity contribution in [3.8, 4) is 0 Å². The third-order valence-corrected chi connectivity index (χ3v) is 4.62. The molecular weight excluding hydrogens is 250 g/mol. The molecule has 0 aromatic rings. The van der Waals surface area contributed by atoms with Crippen LogP contribution in [0.1, 0.15) is 58.3 Å². The summed E-state index contributed by atoms with van der Waals surface area (Å²) in [5.74, 6) is 0.839. The number of rotatable bonds is 5. The average molecular weight is 281 g/mol. The van der Waals surface area contributed by atoms with Crippen LogP contribution in [0.2, 0.25) is 0 Å². The molecule has 4 heteroatoms. The van der Waals surface area contributed by atoms with E-state index in [0.717, 1.165) is 38.3 Å². The fourth-order valence-electron chi connectivity index (χ4n) is 3.48. The van der Waals surface area contributed by atoms with Gasteiger partial charge >= 0.3 is 6.03 Å². The standard InChI is InChI=1S/C16H31N3O/c1-14-7-5-11-19(13-14)12-6-10-17-16(20)18-15-8-3-2-4-9-15/h14-15H,2-13H2,1H3,(H2,17,18,20)/t14-/m1/s1. The molecule has 0 bridgehead atoms. The summed E-state index contributed by atoms with van der Waals surface area (Å²) in [6.45, 7) is 6.71. The van der Waals surface area contributed by atoms with Gasteiger partial charge in [-0.15, -0.1) is 0 Å². The largest absolute Gasteiger partial charge is 0.338 e. The van der Waals surface area contributed by atoms with E-state index in [0.29, 0.717) is 6.04 Å². The van der Waals surface area contributed by atoms with Crippen LogP contribution in [-0.2, 0) is 0 Å². The number of amides is 2. The molecule has 2 aliphatic rings. The van der Waals surface area contributed by atoms with Crippen LogP contribution in [0.15, 0.2) is 0 Å². The van der Waals surface area contributed by atoms with Gasteiger partial charge in [0.25, 0.3) is 0 Å². The highest BCUT2D eigenvalue weighted by atomic mass is 16.2. The number of carbonyl (C=O) groups is 1. The number of nitrogens with one attached hydrogen (secondary N) is 2. The van der Waals surface area contributed by atoms with E-state index in [1.807, 2.05) is 0 Å². The van der Waals surface area contributed by atoms with Crippen LogP contribution in [0.4, 0.5) is 4.79 Å². The van der Waals surface area contributed by atoms with E-state index >= 15 is 0 Å². The number of hydrogen-bond donors (Lipinski definition) is 2. The van der Waals surface area contributed by atoms with Gasteiger partial charge < -0.3 is 15.5 Å². The summed E-state index contributed by atoms with van der Waals surface area (Å²) in [4.78, 5) is 14.3. The van der Waals surface area contributed by atoms with Crippen molar-refractivity contribution in [3.63, 3.8) is 0 Å². The van der Waals surface area contributed by atoms with Gasteiger partial charge in [0, 0.05) is 19.1 Å². The van der Waals surface area contributed by atoms with Crippen LogP contribution < -0.4 is 10.6 Å². The predicted octanol–water partition coefficient (Wildman–Crippen LogP) is 2.74. The molecule has 4 nitrogen and oxygen atoms in total. The zero-order valence-electron chi connectivity index (χ0n) is 13.0. The van der Waals surface area contributed by atoms with Crippen LogP contribution >= 0.6 is 0 Å². The summed E-state index contributed by atoms with van der Waals surface area (Å²) in [6, 6.07) is 0.440. The van der Waals surface area contributed by atoms with E-state index in [1.54, 1.807) is 0 Å². The van der Waals surface area contributed by atoms with Gasteiger partial charge in [-0.1, -0.05) is 26.2 Å². The highest BCUT2D eigenvalue weighted by molar-refractivity contribution is 5.74. The summed E-state index contributed by atoms with van der Waals surface area (Å²) in [5, 5.41) is 6.10. The Balaban J connectivity index is 1.50. The SMILES string of the molecule is C[C@@H]1CCCN(CCCNC(=O)NC2CCCCC2)C1. The number of nitrogens with zero attached hydrogens (tertiary/aromatic N) is 1. The smallest absolute Gasteiger partial charge is 0.315 e. The molecule has 1 heterocycles. The Morgan fingerprint density at radius 3 is 2.70 bits per heavy atom. The quantitative estimate of drug-likeness (QED) is 0.761. The van der Waals surface area contributed by atoms with Gasteiger partial charge in [-0.2, -0.15) is 0 Å². The summed E-state index contributed by atoms with van der Waals surface area (Å²) >= 11 is 0. The van der Waals surface area contributed by atoms with Crippen LogP contribution in [0.3, 0.4) is 0 Å². The molecule has 1 saturated carbocycles. The topological polar surface area (TPSA) is 44.4 Å². The Morgan fingerprint density at radius 1 is 1.15 bits per heavy atom. The third-order valence-electron chi connectivity index (χ3n) is 4.62. The minimum atomic E-state index is 0.0314. The van der Waals surface area contributed by atoms with Crippen LogP contribution in [-0.4, -0.2) is 43.2 Å². The second-order valence-electron chi connectivity index (χ2n) is 6.64. The van der Waals surface area contributed by atoms with Gasteiger partial charge in [-0.25, -0.2) is 4.79 Å². The van der Waals surface area contributed by atoms with Gasteiger partial charge in [-0.05, 0) is 51.1 Å². The highest BCUT2D eigenvalue weighted by Crippen LogP contribution is 2.17. The molecule has 0 unspecified atom stereocenters. The summed E-state index contributed by atoms with van der Waals surface area (Å²) in [6.07, 6.45) is 9.92. The zero-order chi connectivity index (χ0) is 14.2. The first-order valence-electron chi connectivity index (χ1n) is 8.51. The van der Waals surface area contributed by atoms with Crippen LogP contribution in [0.25, 0.3) is 0 Å². The van der Waals surface area contributed by atoms with Gasteiger partial charge in [0.2, 0.25) is 0 Å². The molecule has 1 atom stereocenters. The Bertz CT molecular complexity index is 289. The molecule has 1 aliphatic heterocycles. The van der Waals surface area contributed by atoms with Gasteiger partial charge in [0.05, 0.1) is 0 Å². The van der Waals surface area contributed by atoms with Crippen molar-refractivity contribution >= 4 is 6.03 Å². The number of carbonyl (C=O) groups excluding carboxylic acids is 1. The van der Waals surface area contributed by atoms with E-state index in [-0.39, 0.29) is 6.03 Å². The Kier molecular flexibility index (Phi) is 6.64. The fourth-order valence-corrected chi connectivity index (χ4v) is 3.48. The second kappa shape index (κ2) is 8.50. The van der Waals surface area contributed by atoms with E-state index in [1.165, 1.54) is 45.2 Å². The molecule has 1 saturated heterocycles. The Labute approximate surface area is 123 Å². The lowest BCUT2D eigenvalue weighted by atomic mass is 9.96. The summed E-state index contributed by atoms with van der Waals surface area (Å²) in [5.41, 5.74) is 0. The first-order chi connectivity index (χ1) is 9.74. The van der Waals surface area contributed by atoms with Crippen molar-refractivity contribution in [2.24, 2.45) is 5.92 Å². The maximum absolute atomic E-state index is 11.8. The maximum atomic E-state index is 11.8. The lowest BCUT2D eigenvalue weighted by Crippen LogP contribution is -2.43. The first-order valence-corrected chi connectivity index (χ1v) is 8.51. The summed E-state index contributed by atoms with van der Waals surface area (Å²) in [7, 11) is 0. The van der Waals surface area contributed by atoms with E-state index in [2.05, 4.69) is 22.5 Å². The second-order valence-corrected chi connectivity index (χ2v) is 6.64. The van der Waals surface area contributed by atoms with Crippen molar-refractivity contribution in [1.29, 1.82) is 0 Å². The average Bonchev–Trinajstić information content (AvgIpc) is 2.45. The van der Waals surface area contributed by atoms with Gasteiger partial charge in [0.1, 0.15) is 0 Å². The normalized spacial score (nSPS) is 25.4. The molecule has 0 radical (unpaired) electrons. The minimum Gasteiger partial charge on any atom is -0.338 e. The Morgan fingerprint density at radius 2 is 1.95 bits per heavy atom. The number of urea groups is 1. The van der Waals surface area contributed by atoms with Crippen molar-refractivity contribution in [2.45, 2.75) is 64.3 Å². The minimum absolute atomic E-state index is 0.0314. The molecule has 2 amide bonds. The molecule has 2 fully saturated rings. The number of piperidine rings is 1. The maximum Gasteiger partial charge on any atom is 0.315 e. The molecule has 20 heavy (non-hydrogen) atoms. The van der Waals surface area contributed by atoms with E-state index < -0.39 is 0 Å². The lowest BCUT2D eigenvalue weighted by Gasteiger charge is -2.30. The summed E-state index contributed by atoms with van der Waals surface area (Å²) < 4.78 is 0. The molecule has 0 spiro atoms. The number of hydrogen-bond acceptors (Lipinski definition) is 2. The van der Waals surface area contributed by atoms with Gasteiger partial charge in [-0.3, -0.25) is 0 Å². The lowest BCUT2D eigenvalue weighted by molar-refractivity contribution is 0.181. The van der Waals surface area contributed by atoms with Crippen LogP contribution in [0, 0.1) is 5.92 Å².